The van der Waals surface area contributed by atoms with E-state index in [0.717, 1.165) is 10.9 Å². The highest BCUT2D eigenvalue weighted by atomic mass is 16.4. The fourth-order valence-electron chi connectivity index (χ4n) is 3.12. The highest BCUT2D eigenvalue weighted by Crippen LogP contribution is 2.27. The number of carboxylic acid groups (broad SMARTS) is 1. The van der Waals surface area contributed by atoms with Crippen molar-refractivity contribution in [2.75, 3.05) is 0 Å². The highest BCUT2D eigenvalue weighted by Gasteiger charge is 2.14. The zero-order valence-electron chi connectivity index (χ0n) is 12.8. The van der Waals surface area contributed by atoms with Crippen LogP contribution in [-0.2, 0) is 6.54 Å². The van der Waals surface area contributed by atoms with Crippen LogP contribution in [0.5, 0.6) is 5.75 Å². The number of hydrogen-bond donors (Lipinski definition) is 2. The molecule has 0 amide bonds. The van der Waals surface area contributed by atoms with Crippen molar-refractivity contribution in [1.82, 2.24) is 4.57 Å². The Bertz CT molecular complexity index is 1080. The smallest absolute Gasteiger partial charge is 0.337 e. The second kappa shape index (κ2) is 5.42. The van der Waals surface area contributed by atoms with Gasteiger partial charge in [0.05, 0.1) is 11.1 Å². The molecule has 0 unspecified atom stereocenters. The maximum absolute atomic E-state index is 11.5. The monoisotopic (exact) mass is 317 g/mol. The van der Waals surface area contributed by atoms with Gasteiger partial charge in [-0.15, -0.1) is 0 Å². The summed E-state index contributed by atoms with van der Waals surface area (Å²) >= 11 is 0. The molecule has 2 N–H and O–H groups in total. The Balaban J connectivity index is 1.83. The Morgan fingerprint density at radius 3 is 2.54 bits per heavy atom. The van der Waals surface area contributed by atoms with E-state index >= 15 is 0 Å². The summed E-state index contributed by atoms with van der Waals surface area (Å²) in [6.07, 6.45) is 1.63. The molecule has 1 heterocycles. The third-order valence-corrected chi connectivity index (χ3v) is 4.26. The van der Waals surface area contributed by atoms with Crippen LogP contribution in [-0.4, -0.2) is 20.7 Å². The Labute approximate surface area is 138 Å². The summed E-state index contributed by atoms with van der Waals surface area (Å²) in [6.45, 7) is 0.540. The number of phenolic OH excluding ortho intramolecular Hbond substituents is 1. The lowest BCUT2D eigenvalue weighted by Gasteiger charge is -2.07. The average molecular weight is 317 g/mol. The van der Waals surface area contributed by atoms with Gasteiger partial charge < -0.3 is 14.8 Å². The second-order valence-corrected chi connectivity index (χ2v) is 5.86. The zero-order valence-corrected chi connectivity index (χ0v) is 12.8. The van der Waals surface area contributed by atoms with Gasteiger partial charge in [0.15, 0.2) is 0 Å². The molecule has 0 aliphatic rings. The summed E-state index contributed by atoms with van der Waals surface area (Å²) in [6, 6.07) is 19.1. The Hall–Kier alpha value is -3.27. The lowest BCUT2D eigenvalue weighted by molar-refractivity contribution is 0.0699. The van der Waals surface area contributed by atoms with Crippen molar-refractivity contribution < 1.29 is 15.0 Å². The van der Waals surface area contributed by atoms with Crippen LogP contribution in [0, 0.1) is 0 Å². The third-order valence-electron chi connectivity index (χ3n) is 4.26. The van der Waals surface area contributed by atoms with Crippen molar-refractivity contribution in [3.63, 3.8) is 0 Å². The SMILES string of the molecule is O=C(O)c1cn(Cc2ccc3ccccc3c2)c2cc(O)ccc12. The molecule has 0 radical (unpaired) electrons. The molecule has 4 nitrogen and oxygen atoms in total. The van der Waals surface area contributed by atoms with Gasteiger partial charge in [-0.2, -0.15) is 0 Å². The number of benzene rings is 3. The summed E-state index contributed by atoms with van der Waals surface area (Å²) in [5.74, 6) is -0.847. The minimum atomic E-state index is -0.969. The van der Waals surface area contributed by atoms with Crippen LogP contribution in [0.4, 0.5) is 0 Å². The number of carbonyl (C=O) groups is 1. The van der Waals surface area contributed by atoms with Crippen molar-refractivity contribution in [2.45, 2.75) is 6.54 Å². The van der Waals surface area contributed by atoms with Gasteiger partial charge in [0, 0.05) is 24.2 Å². The number of carboxylic acids is 1. The minimum absolute atomic E-state index is 0.123. The predicted molar refractivity (Wildman–Crippen MR) is 93.6 cm³/mol. The molecule has 0 saturated heterocycles. The van der Waals surface area contributed by atoms with E-state index in [2.05, 4.69) is 24.3 Å². The molecule has 0 atom stereocenters. The summed E-state index contributed by atoms with van der Waals surface area (Å²) in [4.78, 5) is 11.5. The van der Waals surface area contributed by atoms with Crippen LogP contribution in [0.25, 0.3) is 21.7 Å². The van der Waals surface area contributed by atoms with E-state index in [1.807, 2.05) is 22.8 Å². The first-order chi connectivity index (χ1) is 11.6. The molecule has 3 aromatic carbocycles. The molecule has 4 heteroatoms. The van der Waals surface area contributed by atoms with E-state index in [9.17, 15) is 15.0 Å². The zero-order chi connectivity index (χ0) is 16.7. The van der Waals surface area contributed by atoms with Crippen molar-refractivity contribution in [1.29, 1.82) is 0 Å². The first-order valence-corrected chi connectivity index (χ1v) is 7.65. The molecule has 0 spiro atoms. The van der Waals surface area contributed by atoms with Crippen LogP contribution < -0.4 is 0 Å². The van der Waals surface area contributed by atoms with E-state index in [0.29, 0.717) is 17.4 Å². The molecule has 0 aliphatic carbocycles. The highest BCUT2D eigenvalue weighted by molar-refractivity contribution is 6.03. The molecule has 0 bridgehead atoms. The van der Waals surface area contributed by atoms with Gasteiger partial charge >= 0.3 is 5.97 Å². The third kappa shape index (κ3) is 2.38. The van der Waals surface area contributed by atoms with Gasteiger partial charge in [-0.3, -0.25) is 0 Å². The van der Waals surface area contributed by atoms with Gasteiger partial charge in [0.1, 0.15) is 5.75 Å². The number of nitrogens with zero attached hydrogens (tertiary/aromatic N) is 1. The van der Waals surface area contributed by atoms with Gasteiger partial charge in [-0.1, -0.05) is 36.4 Å². The second-order valence-electron chi connectivity index (χ2n) is 5.86. The fraction of sp³-hybridized carbons (Fsp3) is 0.0500. The molecule has 0 aliphatic heterocycles. The number of rotatable bonds is 3. The first-order valence-electron chi connectivity index (χ1n) is 7.65. The van der Waals surface area contributed by atoms with E-state index in [1.54, 1.807) is 18.3 Å². The average Bonchev–Trinajstić information content (AvgIpc) is 2.93. The van der Waals surface area contributed by atoms with E-state index in [1.165, 1.54) is 11.5 Å². The lowest BCUT2D eigenvalue weighted by Crippen LogP contribution is -1.99. The van der Waals surface area contributed by atoms with Crippen LogP contribution in [0.15, 0.2) is 66.9 Å². The summed E-state index contributed by atoms with van der Waals surface area (Å²) in [7, 11) is 0. The standard InChI is InChI=1S/C20H15NO3/c22-16-7-8-17-18(20(23)24)12-21(19(17)10-16)11-13-5-6-14-3-1-2-4-15(14)9-13/h1-10,12,22H,11H2,(H,23,24). The molecule has 24 heavy (non-hydrogen) atoms. The van der Waals surface area contributed by atoms with Gasteiger partial charge in [-0.05, 0) is 34.5 Å². The quantitative estimate of drug-likeness (QED) is 0.594. The van der Waals surface area contributed by atoms with Crippen molar-refractivity contribution in [2.24, 2.45) is 0 Å². The number of aromatic carboxylic acids is 1. The molecule has 0 fully saturated rings. The molecule has 1 aromatic heterocycles. The lowest BCUT2D eigenvalue weighted by atomic mass is 10.1. The number of aromatic hydroxyl groups is 1. The molecule has 4 rings (SSSR count). The molecular weight excluding hydrogens is 302 g/mol. The summed E-state index contributed by atoms with van der Waals surface area (Å²) < 4.78 is 1.86. The fourth-order valence-corrected chi connectivity index (χ4v) is 3.12. The van der Waals surface area contributed by atoms with Crippen molar-refractivity contribution >= 4 is 27.6 Å². The van der Waals surface area contributed by atoms with E-state index in [4.69, 9.17) is 0 Å². The normalized spacial score (nSPS) is 11.2. The van der Waals surface area contributed by atoms with Gasteiger partial charge in [0.25, 0.3) is 0 Å². The van der Waals surface area contributed by atoms with Crippen molar-refractivity contribution in [3.05, 3.63) is 78.0 Å². The van der Waals surface area contributed by atoms with Gasteiger partial charge in [0.2, 0.25) is 0 Å². The summed E-state index contributed by atoms with van der Waals surface area (Å²) in [5, 5.41) is 22.1. The molecule has 4 aromatic rings. The maximum atomic E-state index is 11.5. The Morgan fingerprint density at radius 2 is 1.75 bits per heavy atom. The number of phenols is 1. The van der Waals surface area contributed by atoms with Crippen molar-refractivity contribution in [3.8, 4) is 5.75 Å². The summed E-state index contributed by atoms with van der Waals surface area (Å²) in [5.41, 5.74) is 2.03. The molecule has 118 valence electrons. The molecular formula is C20H15NO3. The van der Waals surface area contributed by atoms with Crippen LogP contribution >= 0.6 is 0 Å². The predicted octanol–water partition coefficient (Wildman–Crippen LogP) is 4.25. The van der Waals surface area contributed by atoms with Crippen LogP contribution in [0.3, 0.4) is 0 Å². The number of aromatic nitrogens is 1. The van der Waals surface area contributed by atoms with E-state index in [-0.39, 0.29) is 11.3 Å². The Morgan fingerprint density at radius 1 is 0.958 bits per heavy atom. The minimum Gasteiger partial charge on any atom is -0.508 e. The topological polar surface area (TPSA) is 62.5 Å². The van der Waals surface area contributed by atoms with Crippen LogP contribution in [0.2, 0.25) is 0 Å². The number of hydrogen-bond acceptors (Lipinski definition) is 2. The molecule has 0 saturated carbocycles. The van der Waals surface area contributed by atoms with E-state index < -0.39 is 5.97 Å². The van der Waals surface area contributed by atoms with Crippen LogP contribution in [0.1, 0.15) is 15.9 Å². The Kier molecular flexibility index (Phi) is 3.24. The number of fused-ring (bicyclic) bond motifs is 2. The van der Waals surface area contributed by atoms with Gasteiger partial charge in [-0.25, -0.2) is 4.79 Å². The largest absolute Gasteiger partial charge is 0.508 e. The maximum Gasteiger partial charge on any atom is 0.337 e. The first kappa shape index (κ1) is 14.3.